The van der Waals surface area contributed by atoms with E-state index in [-0.39, 0.29) is 2.85 Å². The van der Waals surface area contributed by atoms with Crippen molar-refractivity contribution in [3.05, 3.63) is 0 Å². The topological polar surface area (TPSA) is 0 Å². The van der Waals surface area contributed by atoms with E-state index < -0.39 is 0 Å². The molecular weight excluding hydrogens is 384 g/mol. The van der Waals surface area contributed by atoms with Gasteiger partial charge in [0.25, 0.3) is 0 Å². The molecule has 0 nitrogen and oxygen atoms in total. The SMILES string of the molecule is CC1CCC(C)CC1.CC1CCC(C)CC1.CC1CCC(C)CC1.CC1CCC(C)CC1.[HH].[HH]. The highest BCUT2D eigenvalue weighted by Gasteiger charge is 2.15. The van der Waals surface area contributed by atoms with E-state index in [2.05, 4.69) is 55.4 Å². The molecule has 0 saturated heterocycles. The predicted octanol–water partition coefficient (Wildman–Crippen LogP) is 11.8. The van der Waals surface area contributed by atoms with E-state index in [1.165, 1.54) is 103 Å². The molecule has 196 valence electrons. The fourth-order valence-corrected chi connectivity index (χ4v) is 5.71. The monoisotopic (exact) mass is 453 g/mol. The summed E-state index contributed by atoms with van der Waals surface area (Å²) in [5, 5.41) is 0. The lowest BCUT2D eigenvalue weighted by molar-refractivity contribution is 0.308. The summed E-state index contributed by atoms with van der Waals surface area (Å²) in [6.07, 6.45) is 23.6. The van der Waals surface area contributed by atoms with Crippen LogP contribution in [0.15, 0.2) is 0 Å². The van der Waals surface area contributed by atoms with Crippen LogP contribution in [0.5, 0.6) is 0 Å². The highest BCUT2D eigenvalue weighted by Crippen LogP contribution is 2.29. The number of hydrogen-bond acceptors (Lipinski definition) is 0. The highest BCUT2D eigenvalue weighted by atomic mass is 14.2. The van der Waals surface area contributed by atoms with Gasteiger partial charge in [-0.3, -0.25) is 0 Å². The second-order valence-corrected chi connectivity index (χ2v) is 13.5. The van der Waals surface area contributed by atoms with E-state index in [1.807, 2.05) is 0 Å². The summed E-state index contributed by atoms with van der Waals surface area (Å²) in [7, 11) is 0. The van der Waals surface area contributed by atoms with Gasteiger partial charge in [-0.2, -0.15) is 0 Å². The normalized spacial score (nSPS) is 39.8. The molecule has 4 aliphatic carbocycles. The summed E-state index contributed by atoms with van der Waals surface area (Å²) in [4.78, 5) is 0. The van der Waals surface area contributed by atoms with Gasteiger partial charge in [0.1, 0.15) is 0 Å². The Morgan fingerprint density at radius 3 is 0.344 bits per heavy atom. The van der Waals surface area contributed by atoms with Gasteiger partial charge in [0.2, 0.25) is 0 Å². The summed E-state index contributed by atoms with van der Waals surface area (Å²) in [5.74, 6) is 8.16. The predicted molar refractivity (Wildman–Crippen MR) is 151 cm³/mol. The van der Waals surface area contributed by atoms with Crippen LogP contribution in [0.2, 0.25) is 0 Å². The summed E-state index contributed by atoms with van der Waals surface area (Å²) in [5.41, 5.74) is 0. The first kappa shape index (κ1) is 30.0. The van der Waals surface area contributed by atoms with Gasteiger partial charge < -0.3 is 0 Å². The maximum absolute atomic E-state index is 2.37. The van der Waals surface area contributed by atoms with Gasteiger partial charge in [-0.15, -0.1) is 0 Å². The molecule has 0 aromatic heterocycles. The molecule has 32 heavy (non-hydrogen) atoms. The van der Waals surface area contributed by atoms with Crippen LogP contribution in [0.3, 0.4) is 0 Å². The second-order valence-electron chi connectivity index (χ2n) is 13.5. The zero-order valence-corrected chi connectivity index (χ0v) is 23.9. The van der Waals surface area contributed by atoms with Gasteiger partial charge in [0.15, 0.2) is 0 Å². The molecular formula is C32H68. The zero-order valence-electron chi connectivity index (χ0n) is 23.9. The first-order chi connectivity index (χ1) is 15.2. The minimum Gasteiger partial charge on any atom is -0.0625 e. The van der Waals surface area contributed by atoms with E-state index in [0.29, 0.717) is 0 Å². The summed E-state index contributed by atoms with van der Waals surface area (Å²) >= 11 is 0. The summed E-state index contributed by atoms with van der Waals surface area (Å²) in [6.45, 7) is 18.9. The fourth-order valence-electron chi connectivity index (χ4n) is 5.71. The maximum atomic E-state index is 2.37. The minimum absolute atomic E-state index is 0. The lowest BCUT2D eigenvalue weighted by Gasteiger charge is -2.22. The average Bonchev–Trinajstić information content (AvgIpc) is 2.78. The Labute approximate surface area is 208 Å². The molecule has 0 heterocycles. The first-order valence-electron chi connectivity index (χ1n) is 15.2. The van der Waals surface area contributed by atoms with Crippen LogP contribution in [0.1, 0.15) is 161 Å². The van der Waals surface area contributed by atoms with E-state index in [9.17, 15) is 0 Å². The molecule has 0 radical (unpaired) electrons. The van der Waals surface area contributed by atoms with Crippen molar-refractivity contribution in [2.45, 2.75) is 158 Å². The van der Waals surface area contributed by atoms with Crippen molar-refractivity contribution in [2.24, 2.45) is 47.3 Å². The van der Waals surface area contributed by atoms with Crippen LogP contribution < -0.4 is 0 Å². The van der Waals surface area contributed by atoms with Crippen LogP contribution in [0, 0.1) is 47.3 Å². The zero-order chi connectivity index (χ0) is 23.9. The van der Waals surface area contributed by atoms with Gasteiger partial charge in [-0.1, -0.05) is 158 Å². The molecule has 4 fully saturated rings. The van der Waals surface area contributed by atoms with Crippen LogP contribution in [0.25, 0.3) is 0 Å². The van der Waals surface area contributed by atoms with E-state index in [0.717, 1.165) is 47.3 Å². The summed E-state index contributed by atoms with van der Waals surface area (Å²) < 4.78 is 0. The quantitative estimate of drug-likeness (QED) is 0.342. The van der Waals surface area contributed by atoms with Gasteiger partial charge in [0, 0.05) is 2.85 Å². The molecule has 0 unspecified atom stereocenters. The van der Waals surface area contributed by atoms with E-state index >= 15 is 0 Å². The molecule has 0 N–H and O–H groups in total. The third-order valence-electron chi connectivity index (χ3n) is 9.22. The van der Waals surface area contributed by atoms with Crippen LogP contribution in [0.4, 0.5) is 0 Å². The van der Waals surface area contributed by atoms with Gasteiger partial charge >= 0.3 is 0 Å². The molecule has 4 rings (SSSR count). The van der Waals surface area contributed by atoms with Crippen LogP contribution >= 0.6 is 0 Å². The molecule has 0 aromatic rings. The van der Waals surface area contributed by atoms with Gasteiger partial charge in [-0.25, -0.2) is 0 Å². The second kappa shape index (κ2) is 17.4. The molecule has 4 aliphatic rings. The van der Waals surface area contributed by atoms with E-state index in [4.69, 9.17) is 0 Å². The molecule has 0 amide bonds. The molecule has 0 heteroatoms. The lowest BCUT2D eigenvalue weighted by Crippen LogP contribution is -2.08. The Morgan fingerprint density at radius 1 is 0.219 bits per heavy atom. The van der Waals surface area contributed by atoms with Crippen molar-refractivity contribution in [1.29, 1.82) is 0 Å². The third-order valence-corrected chi connectivity index (χ3v) is 9.22. The van der Waals surface area contributed by atoms with E-state index in [1.54, 1.807) is 0 Å². The molecule has 0 bridgehead atoms. The smallest absolute Gasteiger partial charge is 0 e. The minimum atomic E-state index is 0. The number of hydrogen-bond donors (Lipinski definition) is 0. The van der Waals surface area contributed by atoms with Crippen molar-refractivity contribution >= 4 is 0 Å². The van der Waals surface area contributed by atoms with Crippen LogP contribution in [-0.2, 0) is 0 Å². The standard InChI is InChI=1S/4C8H16.2H2/c4*1-7-3-5-8(2)6-4-7;;/h4*7-8H,3-6H2,1-2H3;2*1H. The fraction of sp³-hybridized carbons (Fsp3) is 1.00. The van der Waals surface area contributed by atoms with Gasteiger partial charge in [-0.05, 0) is 47.3 Å². The number of rotatable bonds is 0. The lowest BCUT2D eigenvalue weighted by atomic mass is 9.84. The Morgan fingerprint density at radius 2 is 0.281 bits per heavy atom. The first-order valence-corrected chi connectivity index (χ1v) is 15.2. The van der Waals surface area contributed by atoms with Crippen molar-refractivity contribution in [3.8, 4) is 0 Å². The Hall–Kier alpha value is 0. The Balaban J connectivity index is 0. The third kappa shape index (κ3) is 15.8. The molecule has 4 saturated carbocycles. The molecule has 0 aromatic carbocycles. The van der Waals surface area contributed by atoms with Crippen molar-refractivity contribution in [3.63, 3.8) is 0 Å². The molecule has 0 atom stereocenters. The average molecular weight is 453 g/mol. The van der Waals surface area contributed by atoms with Crippen molar-refractivity contribution in [1.82, 2.24) is 0 Å². The largest absolute Gasteiger partial charge is 0.0625 e. The highest BCUT2D eigenvalue weighted by molar-refractivity contribution is 4.67. The maximum Gasteiger partial charge on any atom is 0 e. The van der Waals surface area contributed by atoms with Crippen LogP contribution in [-0.4, -0.2) is 0 Å². The Kier molecular flexibility index (Phi) is 16.4. The molecule has 0 aliphatic heterocycles. The van der Waals surface area contributed by atoms with Gasteiger partial charge in [0.05, 0.1) is 0 Å². The molecule has 0 spiro atoms. The van der Waals surface area contributed by atoms with Crippen molar-refractivity contribution in [2.75, 3.05) is 0 Å². The van der Waals surface area contributed by atoms with Crippen molar-refractivity contribution < 1.29 is 2.85 Å². The Bertz CT molecular complexity index is 285. The summed E-state index contributed by atoms with van der Waals surface area (Å²) in [6, 6.07) is 0.